The van der Waals surface area contributed by atoms with Crippen LogP contribution in [0.25, 0.3) is 0 Å². The van der Waals surface area contributed by atoms with E-state index < -0.39 is 6.10 Å². The second-order valence-electron chi connectivity index (χ2n) is 4.04. The molecule has 0 saturated carbocycles. The van der Waals surface area contributed by atoms with E-state index in [0.29, 0.717) is 13.2 Å². The molecule has 0 bridgehead atoms. The maximum absolute atomic E-state index is 9.55. The molecule has 0 aliphatic carbocycles. The Morgan fingerprint density at radius 2 is 2.38 bits per heavy atom. The van der Waals surface area contributed by atoms with Crippen molar-refractivity contribution in [2.24, 2.45) is 0 Å². The SMILES string of the molecule is COCC(O)CN(C)CCn1ccnc1C. The summed E-state index contributed by atoms with van der Waals surface area (Å²) in [5, 5.41) is 9.55. The molecule has 5 nitrogen and oxygen atoms in total. The number of hydrogen-bond acceptors (Lipinski definition) is 4. The topological polar surface area (TPSA) is 50.5 Å². The minimum atomic E-state index is -0.418. The first-order chi connectivity index (χ1) is 7.63. The minimum Gasteiger partial charge on any atom is -0.389 e. The Balaban J connectivity index is 2.25. The van der Waals surface area contributed by atoms with Gasteiger partial charge in [0, 0.05) is 39.1 Å². The molecular formula is C11H21N3O2. The second kappa shape index (κ2) is 6.62. The lowest BCUT2D eigenvalue weighted by Crippen LogP contribution is -2.34. The van der Waals surface area contributed by atoms with Crippen molar-refractivity contribution in [2.45, 2.75) is 19.6 Å². The molecule has 0 radical (unpaired) electrons. The van der Waals surface area contributed by atoms with Crippen LogP contribution in [0.4, 0.5) is 0 Å². The molecule has 1 atom stereocenters. The Kier molecular flexibility index (Phi) is 5.45. The van der Waals surface area contributed by atoms with Crippen LogP contribution in [0.2, 0.25) is 0 Å². The highest BCUT2D eigenvalue weighted by Crippen LogP contribution is 1.97. The average molecular weight is 227 g/mol. The fourth-order valence-electron chi connectivity index (χ4n) is 1.61. The predicted octanol–water partition coefficient (Wildman–Crippen LogP) is 0.131. The van der Waals surface area contributed by atoms with Gasteiger partial charge in [-0.3, -0.25) is 0 Å². The quantitative estimate of drug-likeness (QED) is 0.719. The Labute approximate surface area is 96.7 Å². The maximum Gasteiger partial charge on any atom is 0.105 e. The number of aliphatic hydroxyl groups is 1. The molecule has 0 aliphatic rings. The summed E-state index contributed by atoms with van der Waals surface area (Å²) < 4.78 is 6.98. The molecule has 92 valence electrons. The van der Waals surface area contributed by atoms with E-state index in [-0.39, 0.29) is 0 Å². The molecule has 1 rings (SSSR count). The van der Waals surface area contributed by atoms with Gasteiger partial charge >= 0.3 is 0 Å². The summed E-state index contributed by atoms with van der Waals surface area (Å²) in [6.07, 6.45) is 3.35. The van der Waals surface area contributed by atoms with E-state index in [0.717, 1.165) is 18.9 Å². The summed E-state index contributed by atoms with van der Waals surface area (Å²) in [6, 6.07) is 0. The lowest BCUT2D eigenvalue weighted by Gasteiger charge is -2.20. The molecule has 1 unspecified atom stereocenters. The highest BCUT2D eigenvalue weighted by Gasteiger charge is 2.07. The lowest BCUT2D eigenvalue weighted by atomic mass is 10.3. The molecule has 1 heterocycles. The van der Waals surface area contributed by atoms with E-state index in [2.05, 4.69) is 14.5 Å². The highest BCUT2D eigenvalue weighted by molar-refractivity contribution is 4.88. The van der Waals surface area contributed by atoms with Crippen molar-refractivity contribution in [2.75, 3.05) is 33.9 Å². The number of aromatic nitrogens is 2. The van der Waals surface area contributed by atoms with Gasteiger partial charge in [0.1, 0.15) is 5.82 Å². The number of hydrogen-bond donors (Lipinski definition) is 1. The van der Waals surface area contributed by atoms with Crippen LogP contribution in [0, 0.1) is 6.92 Å². The van der Waals surface area contributed by atoms with Gasteiger partial charge in [-0.15, -0.1) is 0 Å². The van der Waals surface area contributed by atoms with Crippen molar-refractivity contribution in [1.29, 1.82) is 0 Å². The molecule has 0 spiro atoms. The predicted molar refractivity (Wildman–Crippen MR) is 62.3 cm³/mol. The summed E-state index contributed by atoms with van der Waals surface area (Å²) in [6.45, 7) is 4.77. The van der Waals surface area contributed by atoms with Gasteiger partial charge in [0.15, 0.2) is 0 Å². The molecule has 0 saturated heterocycles. The van der Waals surface area contributed by atoms with Crippen LogP contribution in [0.15, 0.2) is 12.4 Å². The molecule has 5 heteroatoms. The fraction of sp³-hybridized carbons (Fsp3) is 0.727. The Hall–Kier alpha value is -0.910. The fourth-order valence-corrected chi connectivity index (χ4v) is 1.61. The van der Waals surface area contributed by atoms with Gasteiger partial charge in [-0.05, 0) is 14.0 Å². The van der Waals surface area contributed by atoms with E-state index >= 15 is 0 Å². The van der Waals surface area contributed by atoms with Gasteiger partial charge in [-0.25, -0.2) is 4.98 Å². The number of aliphatic hydroxyl groups excluding tert-OH is 1. The average Bonchev–Trinajstić information content (AvgIpc) is 2.61. The zero-order chi connectivity index (χ0) is 12.0. The number of ether oxygens (including phenoxy) is 1. The number of imidazole rings is 1. The first kappa shape index (κ1) is 13.2. The molecule has 0 amide bonds. The Bertz CT molecular complexity index is 301. The van der Waals surface area contributed by atoms with Crippen LogP contribution >= 0.6 is 0 Å². The first-order valence-corrected chi connectivity index (χ1v) is 5.46. The van der Waals surface area contributed by atoms with Crippen molar-refractivity contribution in [3.05, 3.63) is 18.2 Å². The first-order valence-electron chi connectivity index (χ1n) is 5.46. The largest absolute Gasteiger partial charge is 0.389 e. The molecule has 1 N–H and O–H groups in total. The van der Waals surface area contributed by atoms with E-state index in [9.17, 15) is 5.11 Å². The number of rotatable bonds is 7. The summed E-state index contributed by atoms with van der Waals surface area (Å²) in [5.41, 5.74) is 0. The molecule has 1 aromatic rings. The normalized spacial score (nSPS) is 13.3. The molecule has 0 aliphatic heterocycles. The third-order valence-electron chi connectivity index (χ3n) is 2.53. The van der Waals surface area contributed by atoms with E-state index in [1.807, 2.05) is 20.2 Å². The van der Waals surface area contributed by atoms with Crippen LogP contribution < -0.4 is 0 Å². The zero-order valence-electron chi connectivity index (χ0n) is 10.3. The number of likely N-dealkylation sites (N-methyl/N-ethyl adjacent to an activating group) is 1. The molecule has 1 aromatic heterocycles. The van der Waals surface area contributed by atoms with Crippen LogP contribution in [-0.2, 0) is 11.3 Å². The van der Waals surface area contributed by atoms with Crippen LogP contribution in [-0.4, -0.2) is 59.5 Å². The van der Waals surface area contributed by atoms with Crippen LogP contribution in [0.5, 0.6) is 0 Å². The second-order valence-corrected chi connectivity index (χ2v) is 4.04. The summed E-state index contributed by atoms with van der Waals surface area (Å²) in [7, 11) is 3.59. The minimum absolute atomic E-state index is 0.383. The maximum atomic E-state index is 9.55. The molecular weight excluding hydrogens is 206 g/mol. The van der Waals surface area contributed by atoms with E-state index in [1.54, 1.807) is 13.3 Å². The number of aryl methyl sites for hydroxylation is 1. The van der Waals surface area contributed by atoms with E-state index in [4.69, 9.17) is 4.74 Å². The zero-order valence-corrected chi connectivity index (χ0v) is 10.3. The van der Waals surface area contributed by atoms with Crippen molar-refractivity contribution in [1.82, 2.24) is 14.5 Å². The van der Waals surface area contributed by atoms with Crippen LogP contribution in [0.3, 0.4) is 0 Å². The molecule has 16 heavy (non-hydrogen) atoms. The number of methoxy groups -OCH3 is 1. The van der Waals surface area contributed by atoms with Crippen molar-refractivity contribution in [3.63, 3.8) is 0 Å². The third kappa shape index (κ3) is 4.30. The highest BCUT2D eigenvalue weighted by atomic mass is 16.5. The van der Waals surface area contributed by atoms with Gasteiger partial charge < -0.3 is 19.3 Å². The van der Waals surface area contributed by atoms with Crippen molar-refractivity contribution in [3.8, 4) is 0 Å². The van der Waals surface area contributed by atoms with Crippen molar-refractivity contribution >= 4 is 0 Å². The number of nitrogens with zero attached hydrogens (tertiary/aromatic N) is 3. The van der Waals surface area contributed by atoms with Gasteiger partial charge in [0.25, 0.3) is 0 Å². The smallest absolute Gasteiger partial charge is 0.105 e. The lowest BCUT2D eigenvalue weighted by molar-refractivity contribution is 0.0427. The van der Waals surface area contributed by atoms with Crippen molar-refractivity contribution < 1.29 is 9.84 Å². The monoisotopic (exact) mass is 227 g/mol. The van der Waals surface area contributed by atoms with E-state index in [1.165, 1.54) is 0 Å². The van der Waals surface area contributed by atoms with Gasteiger partial charge in [-0.2, -0.15) is 0 Å². The molecule has 0 aromatic carbocycles. The van der Waals surface area contributed by atoms with Crippen LogP contribution in [0.1, 0.15) is 5.82 Å². The van der Waals surface area contributed by atoms with Gasteiger partial charge in [-0.1, -0.05) is 0 Å². The van der Waals surface area contributed by atoms with Gasteiger partial charge in [0.05, 0.1) is 12.7 Å². The summed E-state index contributed by atoms with van der Waals surface area (Å²) >= 11 is 0. The molecule has 0 fully saturated rings. The summed E-state index contributed by atoms with van der Waals surface area (Å²) in [4.78, 5) is 6.25. The van der Waals surface area contributed by atoms with Gasteiger partial charge in [0.2, 0.25) is 0 Å². The Morgan fingerprint density at radius 3 is 2.94 bits per heavy atom. The standard InChI is InChI=1S/C11H21N3O2/c1-10-12-4-5-14(10)7-6-13(2)8-11(15)9-16-3/h4-5,11,15H,6-9H2,1-3H3. The Morgan fingerprint density at radius 1 is 1.62 bits per heavy atom. The third-order valence-corrected chi connectivity index (χ3v) is 2.53. The summed E-state index contributed by atoms with van der Waals surface area (Å²) in [5.74, 6) is 1.02.